The van der Waals surface area contributed by atoms with Gasteiger partial charge >= 0.3 is 11.9 Å². The van der Waals surface area contributed by atoms with Crippen LogP contribution in [0.2, 0.25) is 0 Å². The van der Waals surface area contributed by atoms with Crippen LogP contribution in [0.1, 0.15) is 123 Å². The van der Waals surface area contributed by atoms with Crippen molar-refractivity contribution in [3.8, 4) is 0 Å². The lowest BCUT2D eigenvalue weighted by Gasteiger charge is -2.18. The van der Waals surface area contributed by atoms with E-state index in [0.29, 0.717) is 19.5 Å². The van der Waals surface area contributed by atoms with Gasteiger partial charge in [0.1, 0.15) is 0 Å². The standard InChI is InChI=1S/C18H37NO.C7H17NO2.C4H6O6/c1-2-3-4-5-6-7-8-9-10-11-12-13-14-15-16-17-18(19)20;1-2-3-8(4-6-9)5-7-10;5-1(3(7)8)2(6)4(9)10/h2-17H2,1H3,(H2,19,20);9-10H,2-7H2,1H3;1-2,5-6H,(H,7,8)(H,9,10). The summed E-state index contributed by atoms with van der Waals surface area (Å²) in [6.07, 6.45) is 17.4. The monoisotopic (exact) mass is 580 g/mol. The Bertz CT molecular complexity index is 547. The number of aliphatic hydroxyl groups excluding tert-OH is 4. The quantitative estimate of drug-likeness (QED) is 0.0785. The summed E-state index contributed by atoms with van der Waals surface area (Å²) in [5, 5.41) is 49.7. The normalized spacial score (nSPS) is 12.1. The van der Waals surface area contributed by atoms with Gasteiger partial charge in [-0.1, -0.05) is 104 Å². The van der Waals surface area contributed by atoms with E-state index in [2.05, 4.69) is 13.8 Å². The molecule has 2 unspecified atom stereocenters. The SMILES string of the molecule is CCCCCCCCCCCCCCCCCC(N)=O.CCCN(CCO)CCO.O=C(O)C(O)C(O)C(=O)O. The van der Waals surface area contributed by atoms with Gasteiger partial charge in [-0.3, -0.25) is 9.69 Å². The number of amides is 1. The van der Waals surface area contributed by atoms with Crippen LogP contribution in [0.25, 0.3) is 0 Å². The number of nitrogens with two attached hydrogens (primary N) is 1. The molecule has 0 aromatic rings. The van der Waals surface area contributed by atoms with Crippen LogP contribution in [0.15, 0.2) is 0 Å². The van der Waals surface area contributed by atoms with Crippen molar-refractivity contribution in [3.63, 3.8) is 0 Å². The van der Waals surface area contributed by atoms with Crippen LogP contribution in [0.3, 0.4) is 0 Å². The van der Waals surface area contributed by atoms with Crippen LogP contribution in [-0.2, 0) is 14.4 Å². The van der Waals surface area contributed by atoms with E-state index in [9.17, 15) is 14.4 Å². The van der Waals surface area contributed by atoms with Crippen LogP contribution in [0.4, 0.5) is 0 Å². The molecule has 240 valence electrons. The molecule has 0 aliphatic carbocycles. The maximum absolute atomic E-state index is 10.6. The van der Waals surface area contributed by atoms with Crippen molar-refractivity contribution < 1.29 is 45.0 Å². The van der Waals surface area contributed by atoms with Crippen molar-refractivity contribution in [1.29, 1.82) is 0 Å². The number of aliphatic hydroxyl groups is 4. The zero-order chi connectivity index (χ0) is 31.0. The van der Waals surface area contributed by atoms with E-state index in [4.69, 9.17) is 36.4 Å². The van der Waals surface area contributed by atoms with Crippen molar-refractivity contribution in [2.75, 3.05) is 32.8 Å². The number of carboxylic acid groups (broad SMARTS) is 2. The molecule has 0 aliphatic heterocycles. The largest absolute Gasteiger partial charge is 0.479 e. The van der Waals surface area contributed by atoms with Gasteiger partial charge < -0.3 is 36.4 Å². The minimum absolute atomic E-state index is 0.153. The lowest BCUT2D eigenvalue weighted by Crippen LogP contribution is -2.39. The minimum Gasteiger partial charge on any atom is -0.479 e. The first kappa shape index (κ1) is 42.7. The molecular formula is C29H60N2O9. The number of carbonyl (C=O) groups is 3. The average Bonchev–Trinajstić information content (AvgIpc) is 2.91. The van der Waals surface area contributed by atoms with E-state index in [-0.39, 0.29) is 19.1 Å². The van der Waals surface area contributed by atoms with Gasteiger partial charge in [0, 0.05) is 19.5 Å². The summed E-state index contributed by atoms with van der Waals surface area (Å²) >= 11 is 0. The molecule has 0 aromatic heterocycles. The number of primary amides is 1. The molecule has 0 fully saturated rings. The third-order valence-corrected chi connectivity index (χ3v) is 6.20. The van der Waals surface area contributed by atoms with E-state index >= 15 is 0 Å². The van der Waals surface area contributed by atoms with E-state index in [0.717, 1.165) is 19.4 Å². The average molecular weight is 581 g/mol. The number of rotatable bonds is 25. The van der Waals surface area contributed by atoms with Gasteiger partial charge in [-0.2, -0.15) is 0 Å². The van der Waals surface area contributed by atoms with E-state index in [1.165, 1.54) is 89.9 Å². The summed E-state index contributed by atoms with van der Waals surface area (Å²) < 4.78 is 0. The highest BCUT2D eigenvalue weighted by Gasteiger charge is 2.29. The van der Waals surface area contributed by atoms with Crippen molar-refractivity contribution >= 4 is 17.8 Å². The Kier molecular flexibility index (Phi) is 35.7. The molecule has 0 aliphatic rings. The number of carboxylic acids is 2. The summed E-state index contributed by atoms with van der Waals surface area (Å²) in [6, 6.07) is 0. The Morgan fingerprint density at radius 1 is 0.575 bits per heavy atom. The topological polar surface area (TPSA) is 202 Å². The lowest BCUT2D eigenvalue weighted by molar-refractivity contribution is -0.165. The molecule has 0 rings (SSSR count). The Balaban J connectivity index is -0.000000573. The number of nitrogens with zero attached hydrogens (tertiary/aromatic N) is 1. The number of aliphatic carboxylic acids is 2. The highest BCUT2D eigenvalue weighted by molar-refractivity contribution is 5.83. The van der Waals surface area contributed by atoms with E-state index in [1.807, 2.05) is 4.90 Å². The molecule has 8 N–H and O–H groups in total. The molecule has 0 aromatic carbocycles. The fourth-order valence-corrected chi connectivity index (χ4v) is 3.88. The Labute approximate surface area is 241 Å². The first-order chi connectivity index (χ1) is 19.1. The van der Waals surface area contributed by atoms with Crippen molar-refractivity contribution in [2.24, 2.45) is 5.73 Å². The van der Waals surface area contributed by atoms with Crippen LogP contribution < -0.4 is 5.73 Å². The van der Waals surface area contributed by atoms with Crippen LogP contribution in [0, 0.1) is 0 Å². The fraction of sp³-hybridized carbons (Fsp3) is 0.897. The minimum atomic E-state index is -2.27. The summed E-state index contributed by atoms with van der Waals surface area (Å²) in [5.74, 6) is -3.69. The fourth-order valence-electron chi connectivity index (χ4n) is 3.88. The van der Waals surface area contributed by atoms with Crippen LogP contribution >= 0.6 is 0 Å². The molecule has 2 atom stereocenters. The smallest absolute Gasteiger partial charge is 0.335 e. The highest BCUT2D eigenvalue weighted by Crippen LogP contribution is 2.13. The molecule has 0 bridgehead atoms. The number of hydrogen-bond acceptors (Lipinski definition) is 8. The van der Waals surface area contributed by atoms with Crippen molar-refractivity contribution in [3.05, 3.63) is 0 Å². The van der Waals surface area contributed by atoms with Gasteiger partial charge in [0.2, 0.25) is 5.91 Å². The molecule has 0 saturated carbocycles. The molecular weight excluding hydrogens is 520 g/mol. The molecule has 1 amide bonds. The predicted molar refractivity (Wildman–Crippen MR) is 157 cm³/mol. The van der Waals surface area contributed by atoms with Crippen molar-refractivity contribution in [2.45, 2.75) is 135 Å². The molecule has 0 heterocycles. The second-order valence-corrected chi connectivity index (χ2v) is 10.0. The van der Waals surface area contributed by atoms with E-state index < -0.39 is 24.1 Å². The van der Waals surface area contributed by atoms with Gasteiger partial charge in [0.05, 0.1) is 13.2 Å². The zero-order valence-corrected chi connectivity index (χ0v) is 25.1. The second-order valence-electron chi connectivity index (χ2n) is 10.0. The highest BCUT2D eigenvalue weighted by atomic mass is 16.4. The van der Waals surface area contributed by atoms with Gasteiger partial charge in [0.25, 0.3) is 0 Å². The van der Waals surface area contributed by atoms with Crippen LogP contribution in [-0.4, -0.2) is 98.4 Å². The molecule has 11 heteroatoms. The zero-order valence-electron chi connectivity index (χ0n) is 25.1. The van der Waals surface area contributed by atoms with Crippen molar-refractivity contribution in [1.82, 2.24) is 4.90 Å². The Morgan fingerprint density at radius 2 is 0.900 bits per heavy atom. The third-order valence-electron chi connectivity index (χ3n) is 6.20. The number of unbranched alkanes of at least 4 members (excludes halogenated alkanes) is 14. The van der Waals surface area contributed by atoms with Gasteiger partial charge in [-0.25, -0.2) is 9.59 Å². The lowest BCUT2D eigenvalue weighted by atomic mass is 10.0. The molecule has 40 heavy (non-hydrogen) atoms. The van der Waals surface area contributed by atoms with Gasteiger partial charge in [-0.15, -0.1) is 0 Å². The molecule has 0 saturated heterocycles. The van der Waals surface area contributed by atoms with Gasteiger partial charge in [-0.05, 0) is 19.4 Å². The first-order valence-corrected chi connectivity index (χ1v) is 15.1. The third kappa shape index (κ3) is 34.2. The summed E-state index contributed by atoms with van der Waals surface area (Å²) in [4.78, 5) is 32.1. The van der Waals surface area contributed by atoms with Gasteiger partial charge in [0.15, 0.2) is 12.2 Å². The van der Waals surface area contributed by atoms with Crippen LogP contribution in [0.5, 0.6) is 0 Å². The number of carbonyl (C=O) groups excluding carboxylic acids is 1. The Morgan fingerprint density at radius 3 is 1.15 bits per heavy atom. The molecule has 11 nitrogen and oxygen atoms in total. The second kappa shape index (κ2) is 33.4. The maximum atomic E-state index is 10.6. The first-order valence-electron chi connectivity index (χ1n) is 15.1. The summed E-state index contributed by atoms with van der Waals surface area (Å²) in [7, 11) is 0. The Hall–Kier alpha value is -1.79. The van der Waals surface area contributed by atoms with E-state index in [1.54, 1.807) is 0 Å². The summed E-state index contributed by atoms with van der Waals surface area (Å²) in [6.45, 7) is 7.03. The molecule has 0 spiro atoms. The number of hydrogen-bond donors (Lipinski definition) is 7. The maximum Gasteiger partial charge on any atom is 0.335 e. The predicted octanol–water partition coefficient (Wildman–Crippen LogP) is 3.29. The summed E-state index contributed by atoms with van der Waals surface area (Å²) in [5.41, 5.74) is 5.11. The molecule has 0 radical (unpaired) electrons.